The number of anilines is 16. The number of para-hydroxylation sites is 4. The van der Waals surface area contributed by atoms with Crippen molar-refractivity contribution >= 4 is 92.0 Å². The van der Waals surface area contributed by atoms with Crippen molar-refractivity contribution in [2.24, 2.45) is 0 Å². The Balaban J connectivity index is 0.533. The van der Waals surface area contributed by atoms with Gasteiger partial charge in [-0.1, -0.05) is 291 Å². The van der Waals surface area contributed by atoms with E-state index in [2.05, 4.69) is 440 Å². The SMILES string of the molecule is c1ccc(N2CN(c3ccc(-c4ccccc4-c4cc(-c5ccccc5-c5ccc(-c6ncc(-c7ccccc7-c7cc(-c8ccccc8-c8ccc(N9CN(c%10ccccc%10)c%10nccnc%109)cc8)cc(-c8ccccc8-c8ccc(N9CN(c%10ccccc%10)c%10nccnc%109)cc8)c7)cn6)cc5)cc(-c5ccccc5-c5ccc(N6CN(c7ccccc7)c7nccnc76)cc5)c4)cc3)c3nccnc32)cc1. The fourth-order valence-corrected chi connectivity index (χ4v) is 20.8. The summed E-state index contributed by atoms with van der Waals surface area (Å²) in [5.41, 5.74) is 34.9. The van der Waals surface area contributed by atoms with Crippen molar-refractivity contribution in [3.8, 4) is 145 Å². The zero-order valence-corrected chi connectivity index (χ0v) is 78.1. The van der Waals surface area contributed by atoms with Crippen molar-refractivity contribution in [1.29, 1.82) is 0 Å². The van der Waals surface area contributed by atoms with Gasteiger partial charge in [0.25, 0.3) is 0 Å². The topological polar surface area (TPSA) is 155 Å². The standard InChI is InChI=1S/C126H88N18/c1-5-25-98(26-6-1)137-81-141(123-119(137)127-65-69-131-123)102-57-49-86(50-58-102)107-34-14-19-39-112(107)92-73-91(74-93(75-92)113-40-20-15-35-108(113)87-51-59-103(60-52-87)142-82-138(99-27-7-2-8-28-99)120-124(142)132-70-66-128-120)111-38-18-13-33-106(111)85-45-47-90(48-46-85)118-135-79-97(80-136-118)117-44-24-23-43-116(117)96-77-94(114-41-21-16-36-109(114)88-53-61-104(62-54-88)143-83-139(100-29-9-3-10-30-100)121-125(143)133-71-67-129-121)76-95(78-96)115-42-22-17-37-110(115)89-55-63-105(64-56-89)144-84-140(101-31-11-4-12-32-101)122-126(144)134-72-68-130-122/h1-80H,81-84H2. The Labute approximate surface area is 833 Å². The maximum absolute atomic E-state index is 5.24. The molecule has 0 unspecified atom stereocenters. The average Bonchev–Trinajstić information content (AvgIpc) is 0.838. The van der Waals surface area contributed by atoms with E-state index in [0.717, 1.165) is 231 Å². The van der Waals surface area contributed by atoms with Crippen LogP contribution in [0.25, 0.3) is 145 Å². The molecule has 0 N–H and O–H groups in total. The highest BCUT2D eigenvalue weighted by atomic mass is 15.5. The second kappa shape index (κ2) is 36.8. The molecule has 4 aliphatic heterocycles. The first-order valence-electron chi connectivity index (χ1n) is 48.3. The number of rotatable bonds is 21. The van der Waals surface area contributed by atoms with Crippen LogP contribution in [0.4, 0.5) is 92.0 Å². The minimum Gasteiger partial charge on any atom is -0.305 e. The summed E-state index contributed by atoms with van der Waals surface area (Å²) in [6.07, 6.45) is 18.1. The van der Waals surface area contributed by atoms with E-state index in [1.54, 1.807) is 49.6 Å². The molecule has 0 aliphatic carbocycles. The molecule has 0 fully saturated rings. The Morgan fingerprint density at radius 3 is 0.458 bits per heavy atom. The van der Waals surface area contributed by atoms with Gasteiger partial charge in [-0.3, -0.25) is 0 Å². The van der Waals surface area contributed by atoms with Gasteiger partial charge in [-0.25, -0.2) is 49.8 Å². The van der Waals surface area contributed by atoms with Crippen LogP contribution < -0.4 is 39.2 Å². The summed E-state index contributed by atoms with van der Waals surface area (Å²) in [6.45, 7) is 2.28. The van der Waals surface area contributed by atoms with Crippen LogP contribution in [0.5, 0.6) is 0 Å². The Morgan fingerprint density at radius 2 is 0.271 bits per heavy atom. The molecule has 17 aromatic carbocycles. The van der Waals surface area contributed by atoms with E-state index in [1.165, 1.54) is 0 Å². The summed E-state index contributed by atoms with van der Waals surface area (Å²) < 4.78 is 0. The average molecular weight is 1850 g/mol. The molecule has 4 aliphatic rings. The van der Waals surface area contributed by atoms with E-state index >= 15 is 0 Å². The molecule has 0 amide bonds. The minimum atomic E-state index is 0.569. The molecule has 0 atom stereocenters. The van der Waals surface area contributed by atoms with Crippen molar-refractivity contribution in [3.63, 3.8) is 0 Å². The van der Waals surface area contributed by atoms with Gasteiger partial charge in [-0.15, -0.1) is 0 Å². The number of fused-ring (bicyclic) bond motifs is 4. The zero-order chi connectivity index (χ0) is 95.3. The fraction of sp³-hybridized carbons (Fsp3) is 0.0317. The van der Waals surface area contributed by atoms with Crippen molar-refractivity contribution in [1.82, 2.24) is 49.8 Å². The van der Waals surface area contributed by atoms with Gasteiger partial charge in [0.05, 0.1) is 0 Å². The fourth-order valence-electron chi connectivity index (χ4n) is 20.8. The number of benzene rings is 17. The van der Waals surface area contributed by atoms with Crippen LogP contribution in [0.2, 0.25) is 0 Å². The maximum Gasteiger partial charge on any atom is 0.178 e. The lowest BCUT2D eigenvalue weighted by Gasteiger charge is -2.21. The molecule has 144 heavy (non-hydrogen) atoms. The molecule has 18 heteroatoms. The van der Waals surface area contributed by atoms with Crippen LogP contribution in [0.15, 0.2) is 487 Å². The summed E-state index contributed by atoms with van der Waals surface area (Å²) in [6, 6.07) is 152. The van der Waals surface area contributed by atoms with E-state index in [1.807, 2.05) is 36.7 Å². The highest BCUT2D eigenvalue weighted by molar-refractivity contribution is 5.99. The van der Waals surface area contributed by atoms with Crippen LogP contribution in [0.1, 0.15) is 0 Å². The summed E-state index contributed by atoms with van der Waals surface area (Å²) in [5.74, 6) is 7.16. The molecular formula is C126H88N18. The number of hydrogen-bond acceptors (Lipinski definition) is 18. The first-order valence-corrected chi connectivity index (χ1v) is 48.3. The van der Waals surface area contributed by atoms with Crippen LogP contribution in [0, 0.1) is 0 Å². The van der Waals surface area contributed by atoms with Gasteiger partial charge in [0.2, 0.25) is 0 Å². The van der Waals surface area contributed by atoms with Crippen LogP contribution >= 0.6 is 0 Å². The third-order valence-corrected chi connectivity index (χ3v) is 27.8. The van der Waals surface area contributed by atoms with Crippen molar-refractivity contribution in [2.75, 3.05) is 65.9 Å². The molecule has 0 saturated carbocycles. The predicted molar refractivity (Wildman–Crippen MR) is 583 cm³/mol. The van der Waals surface area contributed by atoms with Gasteiger partial charge in [0.15, 0.2) is 52.4 Å². The number of aromatic nitrogens is 10. The van der Waals surface area contributed by atoms with Gasteiger partial charge >= 0.3 is 0 Å². The summed E-state index contributed by atoms with van der Waals surface area (Å²) in [4.78, 5) is 67.1. The van der Waals surface area contributed by atoms with Crippen LogP contribution in [0.3, 0.4) is 0 Å². The van der Waals surface area contributed by atoms with Gasteiger partial charge < -0.3 is 39.2 Å². The second-order valence-corrected chi connectivity index (χ2v) is 36.1. The summed E-state index contributed by atoms with van der Waals surface area (Å²) in [7, 11) is 0. The van der Waals surface area contributed by atoms with Crippen LogP contribution in [-0.4, -0.2) is 76.5 Å². The van der Waals surface area contributed by atoms with E-state index in [4.69, 9.17) is 49.8 Å². The number of hydrogen-bond donors (Lipinski definition) is 0. The normalized spacial score (nSPS) is 12.9. The molecule has 0 radical (unpaired) electrons. The first kappa shape index (κ1) is 85.0. The Hall–Kier alpha value is -19.5. The molecule has 0 saturated heterocycles. The molecule has 5 aromatic heterocycles. The summed E-state index contributed by atoms with van der Waals surface area (Å²) in [5, 5.41) is 0. The van der Waals surface area contributed by atoms with Gasteiger partial charge in [0.1, 0.15) is 26.7 Å². The molecule has 22 aromatic rings. The molecule has 26 rings (SSSR count). The lowest BCUT2D eigenvalue weighted by molar-refractivity contribution is 0.976. The smallest absolute Gasteiger partial charge is 0.178 e. The van der Waals surface area contributed by atoms with Crippen LogP contribution in [-0.2, 0) is 0 Å². The van der Waals surface area contributed by atoms with Gasteiger partial charge in [-0.05, 0) is 261 Å². The van der Waals surface area contributed by atoms with Gasteiger partial charge in [-0.2, -0.15) is 0 Å². The zero-order valence-electron chi connectivity index (χ0n) is 78.1. The quantitative estimate of drug-likeness (QED) is 0.0669. The van der Waals surface area contributed by atoms with E-state index in [0.29, 0.717) is 32.5 Å². The second-order valence-electron chi connectivity index (χ2n) is 36.1. The Bertz CT molecular complexity index is 7640. The highest BCUT2D eigenvalue weighted by Crippen LogP contribution is 2.52. The Kier molecular flexibility index (Phi) is 21.7. The van der Waals surface area contributed by atoms with E-state index in [9.17, 15) is 0 Å². The first-order chi connectivity index (χ1) is 71.4. The van der Waals surface area contributed by atoms with Crippen molar-refractivity contribution < 1.29 is 0 Å². The molecule has 9 heterocycles. The lowest BCUT2D eigenvalue weighted by atomic mass is 9.86. The third-order valence-electron chi connectivity index (χ3n) is 27.8. The number of nitrogens with zero attached hydrogens (tertiary/aromatic N) is 18. The molecule has 682 valence electrons. The highest BCUT2D eigenvalue weighted by Gasteiger charge is 2.36. The van der Waals surface area contributed by atoms with Crippen molar-refractivity contribution in [2.45, 2.75) is 0 Å². The summed E-state index contributed by atoms with van der Waals surface area (Å²) >= 11 is 0. The molecule has 0 spiro atoms. The molecular weight excluding hydrogens is 1770 g/mol. The maximum atomic E-state index is 5.24. The molecule has 18 nitrogen and oxygen atoms in total. The monoisotopic (exact) mass is 1850 g/mol. The predicted octanol–water partition coefficient (Wildman–Crippen LogP) is 30.3. The minimum absolute atomic E-state index is 0.569. The Morgan fingerprint density at radius 1 is 0.125 bits per heavy atom. The van der Waals surface area contributed by atoms with Gasteiger partial charge in [0, 0.05) is 119 Å². The van der Waals surface area contributed by atoms with E-state index < -0.39 is 0 Å². The van der Waals surface area contributed by atoms with Crippen molar-refractivity contribution in [3.05, 3.63) is 487 Å². The van der Waals surface area contributed by atoms with E-state index in [-0.39, 0.29) is 0 Å². The molecule has 0 bridgehead atoms. The largest absolute Gasteiger partial charge is 0.305 e. The lowest BCUT2D eigenvalue weighted by Crippen LogP contribution is -2.24. The third kappa shape index (κ3) is 15.8.